The molecule has 9 heteroatoms. The summed E-state index contributed by atoms with van der Waals surface area (Å²) in [5.41, 5.74) is 1.75. The lowest BCUT2D eigenvalue weighted by atomic mass is 9.92. The smallest absolute Gasteiger partial charge is 0.223 e. The van der Waals surface area contributed by atoms with Crippen molar-refractivity contribution >= 4 is 12.3 Å². The lowest BCUT2D eigenvalue weighted by molar-refractivity contribution is -0.132. The van der Waals surface area contributed by atoms with Gasteiger partial charge in [0.2, 0.25) is 12.3 Å². The number of hydrazine groups is 1. The molecule has 206 valence electrons. The maximum atomic E-state index is 11.6. The minimum Gasteiger partial charge on any atom is -0.493 e. The molecule has 1 saturated heterocycles. The average molecular weight is 508 g/mol. The van der Waals surface area contributed by atoms with Crippen LogP contribution in [0, 0.1) is 17.8 Å². The second-order valence-electron chi connectivity index (χ2n) is 9.49. The quantitative estimate of drug-likeness (QED) is 0.132. The number of aliphatic hydroxyl groups excluding tert-OH is 1. The molecule has 0 aliphatic carbocycles. The van der Waals surface area contributed by atoms with Gasteiger partial charge in [0.05, 0.1) is 12.7 Å². The van der Waals surface area contributed by atoms with E-state index in [4.69, 9.17) is 11.2 Å². The van der Waals surface area contributed by atoms with Gasteiger partial charge in [0.1, 0.15) is 5.75 Å². The van der Waals surface area contributed by atoms with Gasteiger partial charge >= 0.3 is 0 Å². The van der Waals surface area contributed by atoms with Crippen LogP contribution in [0.4, 0.5) is 0 Å². The van der Waals surface area contributed by atoms with Gasteiger partial charge in [-0.1, -0.05) is 46.6 Å². The predicted molar refractivity (Wildman–Crippen MR) is 147 cm³/mol. The molecule has 36 heavy (non-hydrogen) atoms. The van der Waals surface area contributed by atoms with Crippen molar-refractivity contribution in [2.24, 2.45) is 17.1 Å². The average Bonchev–Trinajstić information content (AvgIpc) is 3.29. The van der Waals surface area contributed by atoms with E-state index in [2.05, 4.69) is 48.6 Å². The first kappa shape index (κ1) is 35.5. The van der Waals surface area contributed by atoms with Gasteiger partial charge in [0, 0.05) is 43.7 Å². The van der Waals surface area contributed by atoms with E-state index in [9.17, 15) is 14.7 Å². The third kappa shape index (κ3) is 16.9. The highest BCUT2D eigenvalue weighted by Crippen LogP contribution is 2.22. The number of β-amino-alcohol motifs (C(OH)–C–C–N with tert-alkyl or cyclic N) is 1. The van der Waals surface area contributed by atoms with Gasteiger partial charge in [0.15, 0.2) is 0 Å². The lowest BCUT2D eigenvalue weighted by Crippen LogP contribution is -2.32. The number of nitrogens with two attached hydrogens (primary N) is 2. The number of carbonyl (C=O) groups excluding carboxylic acids is 2. The van der Waals surface area contributed by atoms with Crippen LogP contribution in [-0.2, 0) is 16.1 Å². The predicted octanol–water partition coefficient (Wildman–Crippen LogP) is 2.11. The van der Waals surface area contributed by atoms with Crippen molar-refractivity contribution in [3.63, 3.8) is 0 Å². The Balaban J connectivity index is 0. The lowest BCUT2D eigenvalue weighted by Gasteiger charge is -2.22. The Kier molecular flexibility index (Phi) is 20.3. The van der Waals surface area contributed by atoms with Crippen molar-refractivity contribution in [2.45, 2.75) is 66.5 Å². The second-order valence-corrected chi connectivity index (χ2v) is 9.49. The highest BCUT2D eigenvalue weighted by Gasteiger charge is 2.27. The fourth-order valence-electron chi connectivity index (χ4n) is 3.17. The molecule has 1 atom stereocenters. The maximum Gasteiger partial charge on any atom is 0.223 e. The van der Waals surface area contributed by atoms with Crippen molar-refractivity contribution in [3.8, 4) is 18.1 Å². The molecule has 1 aliphatic rings. The Morgan fingerprint density at radius 1 is 1.33 bits per heavy atom. The molecule has 2 rings (SSSR count). The van der Waals surface area contributed by atoms with Crippen molar-refractivity contribution in [1.29, 1.82) is 0 Å². The number of terminal acetylenes is 1. The molecular weight excluding hydrogens is 458 g/mol. The fraction of sp³-hybridized carbons (Fsp3) is 0.630. The van der Waals surface area contributed by atoms with E-state index in [0.717, 1.165) is 42.8 Å². The number of aliphatic hydroxyl groups is 1. The largest absolute Gasteiger partial charge is 0.493 e. The molecule has 1 aliphatic heterocycles. The number of nitrogens with one attached hydrogen (secondary N) is 1. The topological polar surface area (TPSA) is 134 Å². The van der Waals surface area contributed by atoms with Gasteiger partial charge in [-0.05, 0) is 44.5 Å². The number of ether oxygens (including phenoxy) is 1. The summed E-state index contributed by atoms with van der Waals surface area (Å²) in [5.74, 6) is 11.5. The summed E-state index contributed by atoms with van der Waals surface area (Å²) in [4.78, 5) is 25.8. The molecule has 2 amide bonds. The van der Waals surface area contributed by atoms with Crippen LogP contribution in [0.3, 0.4) is 0 Å². The minimum absolute atomic E-state index is 0.0463. The molecule has 6 N–H and O–H groups in total. The number of nitrogens with zero attached hydrogens (tertiary/aromatic N) is 2. The van der Waals surface area contributed by atoms with Crippen molar-refractivity contribution < 1.29 is 19.4 Å². The molecule has 0 bridgehead atoms. The van der Waals surface area contributed by atoms with E-state index < -0.39 is 0 Å². The van der Waals surface area contributed by atoms with Crippen molar-refractivity contribution in [3.05, 3.63) is 29.3 Å². The number of amides is 2. The molecule has 1 heterocycles. The molecule has 1 aromatic rings. The third-order valence-corrected chi connectivity index (χ3v) is 4.81. The minimum atomic E-state index is -0.302. The molecule has 1 aromatic carbocycles. The zero-order valence-electron chi connectivity index (χ0n) is 23.3. The number of hydrogen-bond donors (Lipinski definition) is 4. The zero-order valence-corrected chi connectivity index (χ0v) is 23.3. The second kappa shape index (κ2) is 20.5. The van der Waals surface area contributed by atoms with Gasteiger partial charge in [-0.25, -0.2) is 0 Å². The summed E-state index contributed by atoms with van der Waals surface area (Å²) in [6.07, 6.45) is 7.99. The summed E-state index contributed by atoms with van der Waals surface area (Å²) in [7, 11) is 4.05. The van der Waals surface area contributed by atoms with Gasteiger partial charge in [-0.3, -0.25) is 21.3 Å². The fourth-order valence-corrected chi connectivity index (χ4v) is 3.17. The van der Waals surface area contributed by atoms with Crippen LogP contribution in [0.5, 0.6) is 5.75 Å². The molecule has 1 fully saturated rings. The van der Waals surface area contributed by atoms with Crippen LogP contribution in [0.15, 0.2) is 18.2 Å². The van der Waals surface area contributed by atoms with E-state index in [-0.39, 0.29) is 17.4 Å². The van der Waals surface area contributed by atoms with Crippen LogP contribution < -0.4 is 21.7 Å². The Hall–Kier alpha value is -2.64. The van der Waals surface area contributed by atoms with Crippen LogP contribution >= 0.6 is 0 Å². The number of hydrogen-bond acceptors (Lipinski definition) is 7. The van der Waals surface area contributed by atoms with Crippen molar-refractivity contribution in [1.82, 2.24) is 15.1 Å². The molecule has 0 aromatic heterocycles. The highest BCUT2D eigenvalue weighted by atomic mass is 16.5. The summed E-state index contributed by atoms with van der Waals surface area (Å²) >= 11 is 0. The Bertz CT molecular complexity index is 772. The first-order valence-electron chi connectivity index (χ1n) is 12.4. The van der Waals surface area contributed by atoms with Crippen LogP contribution in [0.2, 0.25) is 0 Å². The SMILES string of the molecule is C#Cc1ccc(CNC=O)c(OCCCN(C)C)c1.CC.CC(C)(C)CC(=O)N1CCC(O)C1.NN. The van der Waals surface area contributed by atoms with Gasteiger partial charge in [0.25, 0.3) is 0 Å². The number of rotatable bonds is 9. The Morgan fingerprint density at radius 3 is 2.44 bits per heavy atom. The van der Waals surface area contributed by atoms with E-state index >= 15 is 0 Å². The molecule has 1 unspecified atom stereocenters. The highest BCUT2D eigenvalue weighted by molar-refractivity contribution is 5.77. The van der Waals surface area contributed by atoms with Crippen LogP contribution in [0.1, 0.15) is 65.0 Å². The first-order valence-corrected chi connectivity index (χ1v) is 12.4. The summed E-state index contributed by atoms with van der Waals surface area (Å²) in [6, 6.07) is 5.55. The van der Waals surface area contributed by atoms with E-state index in [1.165, 1.54) is 0 Å². The van der Waals surface area contributed by atoms with Gasteiger partial charge in [-0.15, -0.1) is 6.42 Å². The maximum absolute atomic E-state index is 11.6. The van der Waals surface area contributed by atoms with E-state index in [1.807, 2.05) is 46.1 Å². The zero-order chi connectivity index (χ0) is 28.1. The summed E-state index contributed by atoms with van der Waals surface area (Å²) < 4.78 is 5.75. The number of benzene rings is 1. The molecule has 0 radical (unpaired) electrons. The van der Waals surface area contributed by atoms with Crippen molar-refractivity contribution in [2.75, 3.05) is 40.3 Å². The van der Waals surface area contributed by atoms with Gasteiger partial charge < -0.3 is 25.0 Å². The van der Waals surface area contributed by atoms with Crippen LogP contribution in [0.25, 0.3) is 0 Å². The summed E-state index contributed by atoms with van der Waals surface area (Å²) in [6.45, 7) is 13.4. The van der Waals surface area contributed by atoms with Crippen LogP contribution in [-0.4, -0.2) is 73.7 Å². The van der Waals surface area contributed by atoms with Gasteiger partial charge in [-0.2, -0.15) is 0 Å². The molecule has 0 saturated carbocycles. The van der Waals surface area contributed by atoms with E-state index in [1.54, 1.807) is 4.90 Å². The van der Waals surface area contributed by atoms with E-state index in [0.29, 0.717) is 32.5 Å². The standard InChI is InChI=1S/C15H20N2O2.C10H19NO2.C2H6.H4N2/c1-4-13-6-7-14(11-16-12-18)15(10-13)19-9-5-8-17(2)3;1-10(2,3)6-9(13)11-5-4-8(12)7-11;2*1-2/h1,6-7,10,12H,5,8-9,11H2,2-3H3,(H,16,18);8,12H,4-7H2,1-3H3;1-2H3;1-2H2. The normalized spacial score (nSPS) is 14.2. The monoisotopic (exact) mass is 507 g/mol. The summed E-state index contributed by atoms with van der Waals surface area (Å²) in [5, 5.41) is 11.9. The third-order valence-electron chi connectivity index (χ3n) is 4.81. The Labute approximate surface area is 218 Å². The molecule has 9 nitrogen and oxygen atoms in total. The number of likely N-dealkylation sites (tertiary alicyclic amines) is 1. The first-order chi connectivity index (χ1) is 17.1. The molecule has 0 spiro atoms. The molecular formula is C27H49N5O4. The Morgan fingerprint density at radius 2 is 1.97 bits per heavy atom. The number of carbonyl (C=O) groups is 2.